The van der Waals surface area contributed by atoms with Gasteiger partial charge in [-0.25, -0.2) is 0 Å². The van der Waals surface area contributed by atoms with Gasteiger partial charge in [-0.3, -0.25) is 14.5 Å². The maximum absolute atomic E-state index is 13.0. The van der Waals surface area contributed by atoms with E-state index in [1.165, 1.54) is 17.0 Å². The molecule has 0 bridgehead atoms. The number of hydrogen-bond acceptors (Lipinski definition) is 3. The SMILES string of the molecule is CC(C)n1nc2c(c1-c1ccncc1)[C@H]1CN(C(=O)c3ccccc3)C[C@H]1C2. The zero-order chi connectivity index (χ0) is 19.3. The average molecular weight is 372 g/mol. The van der Waals surface area contributed by atoms with Crippen LogP contribution in [0.3, 0.4) is 0 Å². The summed E-state index contributed by atoms with van der Waals surface area (Å²) in [6.45, 7) is 5.92. The van der Waals surface area contributed by atoms with Gasteiger partial charge in [-0.05, 0) is 50.5 Å². The second kappa shape index (κ2) is 6.59. The zero-order valence-corrected chi connectivity index (χ0v) is 16.2. The van der Waals surface area contributed by atoms with Gasteiger partial charge in [0.1, 0.15) is 0 Å². The number of pyridine rings is 1. The summed E-state index contributed by atoms with van der Waals surface area (Å²) in [6.07, 6.45) is 4.63. The molecule has 1 saturated heterocycles. The molecule has 0 unspecified atom stereocenters. The van der Waals surface area contributed by atoms with Crippen molar-refractivity contribution in [1.82, 2.24) is 19.7 Å². The second-order valence-corrected chi connectivity index (χ2v) is 8.13. The molecule has 0 radical (unpaired) electrons. The van der Waals surface area contributed by atoms with Crippen LogP contribution in [-0.2, 0) is 6.42 Å². The lowest BCUT2D eigenvalue weighted by atomic mass is 9.93. The Kier molecular flexibility index (Phi) is 4.04. The molecule has 3 aromatic rings. The number of carbonyl (C=O) groups excluding carboxylic acids is 1. The van der Waals surface area contributed by atoms with E-state index in [0.29, 0.717) is 11.8 Å². The van der Waals surface area contributed by atoms with Crippen molar-refractivity contribution in [2.24, 2.45) is 5.92 Å². The highest BCUT2D eigenvalue weighted by Gasteiger charge is 2.45. The molecule has 5 nitrogen and oxygen atoms in total. The highest BCUT2D eigenvalue weighted by Crippen LogP contribution is 2.47. The average Bonchev–Trinajstić information content (AvgIpc) is 3.37. The third-order valence-electron chi connectivity index (χ3n) is 6.04. The first-order chi connectivity index (χ1) is 13.6. The van der Waals surface area contributed by atoms with Crippen molar-refractivity contribution in [3.8, 4) is 11.3 Å². The van der Waals surface area contributed by atoms with Gasteiger partial charge in [-0.2, -0.15) is 5.10 Å². The standard InChI is InChI=1S/C23H24N4O/c1-15(2)27-22(16-8-10-24-11-9-16)21-19-14-26(13-18(19)12-20(21)25-27)23(28)17-6-4-3-5-7-17/h3-11,15,18-19H,12-14H2,1-2H3/t18-,19+/m1/s1. The van der Waals surface area contributed by atoms with Crippen LogP contribution < -0.4 is 0 Å². The first-order valence-corrected chi connectivity index (χ1v) is 9.99. The fourth-order valence-corrected chi connectivity index (χ4v) is 4.79. The number of hydrogen-bond donors (Lipinski definition) is 0. The van der Waals surface area contributed by atoms with Gasteiger partial charge in [0, 0.05) is 54.1 Å². The van der Waals surface area contributed by atoms with Crippen LogP contribution in [0.5, 0.6) is 0 Å². The first kappa shape index (κ1) is 17.2. The predicted octanol–water partition coefficient (Wildman–Crippen LogP) is 3.94. The number of aromatic nitrogens is 3. The molecule has 2 atom stereocenters. The summed E-state index contributed by atoms with van der Waals surface area (Å²) < 4.78 is 2.15. The molecule has 1 aliphatic heterocycles. The van der Waals surface area contributed by atoms with Gasteiger partial charge in [0.05, 0.1) is 11.4 Å². The van der Waals surface area contributed by atoms with Gasteiger partial charge in [0.25, 0.3) is 5.91 Å². The van der Waals surface area contributed by atoms with Crippen LogP contribution in [-0.4, -0.2) is 38.7 Å². The molecule has 2 aromatic heterocycles. The van der Waals surface area contributed by atoms with Crippen LogP contribution in [0, 0.1) is 5.92 Å². The van der Waals surface area contributed by atoms with Crippen LogP contribution in [0.2, 0.25) is 0 Å². The predicted molar refractivity (Wildman–Crippen MR) is 108 cm³/mol. The van der Waals surface area contributed by atoms with E-state index in [2.05, 4.69) is 35.6 Å². The van der Waals surface area contributed by atoms with Crippen molar-refractivity contribution in [3.05, 3.63) is 71.7 Å². The third kappa shape index (κ3) is 2.65. The molecule has 1 amide bonds. The molecule has 0 spiro atoms. The Morgan fingerprint density at radius 2 is 1.82 bits per heavy atom. The van der Waals surface area contributed by atoms with E-state index < -0.39 is 0 Å². The molecule has 2 aliphatic rings. The van der Waals surface area contributed by atoms with Crippen LogP contribution in [0.1, 0.15) is 47.4 Å². The topological polar surface area (TPSA) is 51.0 Å². The van der Waals surface area contributed by atoms with E-state index in [-0.39, 0.29) is 11.9 Å². The Hall–Kier alpha value is -2.95. The Bertz CT molecular complexity index is 1010. The van der Waals surface area contributed by atoms with Gasteiger partial charge in [-0.15, -0.1) is 0 Å². The number of likely N-dealkylation sites (tertiary alicyclic amines) is 1. The van der Waals surface area contributed by atoms with Crippen LogP contribution >= 0.6 is 0 Å². The van der Waals surface area contributed by atoms with Crippen molar-refractivity contribution in [2.75, 3.05) is 13.1 Å². The molecular weight excluding hydrogens is 348 g/mol. The summed E-state index contributed by atoms with van der Waals surface area (Å²) in [5, 5.41) is 4.97. The van der Waals surface area contributed by atoms with E-state index >= 15 is 0 Å². The summed E-state index contributed by atoms with van der Waals surface area (Å²) in [4.78, 5) is 19.2. The number of nitrogens with zero attached hydrogens (tertiary/aromatic N) is 4. The highest BCUT2D eigenvalue weighted by molar-refractivity contribution is 5.94. The molecule has 1 fully saturated rings. The van der Waals surface area contributed by atoms with E-state index in [4.69, 9.17) is 5.10 Å². The fraction of sp³-hybridized carbons (Fsp3) is 0.348. The third-order valence-corrected chi connectivity index (χ3v) is 6.04. The molecule has 5 rings (SSSR count). The zero-order valence-electron chi connectivity index (χ0n) is 16.2. The maximum Gasteiger partial charge on any atom is 0.253 e. The molecule has 1 aliphatic carbocycles. The van der Waals surface area contributed by atoms with E-state index in [1.807, 2.05) is 47.6 Å². The summed E-state index contributed by atoms with van der Waals surface area (Å²) >= 11 is 0. The second-order valence-electron chi connectivity index (χ2n) is 8.13. The molecule has 0 saturated carbocycles. The maximum atomic E-state index is 13.0. The van der Waals surface area contributed by atoms with Crippen molar-refractivity contribution >= 4 is 5.91 Å². The van der Waals surface area contributed by atoms with Gasteiger partial charge < -0.3 is 4.90 Å². The lowest BCUT2D eigenvalue weighted by molar-refractivity contribution is 0.0785. The monoisotopic (exact) mass is 372 g/mol. The largest absolute Gasteiger partial charge is 0.338 e. The van der Waals surface area contributed by atoms with E-state index in [9.17, 15) is 4.79 Å². The van der Waals surface area contributed by atoms with Crippen LogP contribution in [0.4, 0.5) is 0 Å². The molecule has 3 heterocycles. The van der Waals surface area contributed by atoms with E-state index in [1.54, 1.807) is 0 Å². The molecule has 28 heavy (non-hydrogen) atoms. The van der Waals surface area contributed by atoms with Gasteiger partial charge in [0.2, 0.25) is 0 Å². The summed E-state index contributed by atoms with van der Waals surface area (Å²) in [6, 6.07) is 14.0. The summed E-state index contributed by atoms with van der Waals surface area (Å²) in [7, 11) is 0. The number of benzene rings is 1. The Morgan fingerprint density at radius 1 is 1.07 bits per heavy atom. The summed E-state index contributed by atoms with van der Waals surface area (Å²) in [5.74, 6) is 0.962. The van der Waals surface area contributed by atoms with Gasteiger partial charge in [-0.1, -0.05) is 18.2 Å². The first-order valence-electron chi connectivity index (χ1n) is 9.99. The molecule has 1 aromatic carbocycles. The molecular formula is C23H24N4O. The van der Waals surface area contributed by atoms with Crippen molar-refractivity contribution in [3.63, 3.8) is 0 Å². The smallest absolute Gasteiger partial charge is 0.253 e. The molecule has 5 heteroatoms. The highest BCUT2D eigenvalue weighted by atomic mass is 16.2. The Balaban J connectivity index is 1.51. The van der Waals surface area contributed by atoms with Crippen molar-refractivity contribution in [1.29, 1.82) is 0 Å². The minimum Gasteiger partial charge on any atom is -0.338 e. The minimum absolute atomic E-state index is 0.137. The fourth-order valence-electron chi connectivity index (χ4n) is 4.79. The number of rotatable bonds is 3. The summed E-state index contributed by atoms with van der Waals surface area (Å²) in [5.41, 5.74) is 5.69. The van der Waals surface area contributed by atoms with Crippen LogP contribution in [0.15, 0.2) is 54.9 Å². The minimum atomic E-state index is 0.137. The molecule has 0 N–H and O–H groups in total. The number of carbonyl (C=O) groups is 1. The quantitative estimate of drug-likeness (QED) is 0.700. The van der Waals surface area contributed by atoms with Gasteiger partial charge >= 0.3 is 0 Å². The van der Waals surface area contributed by atoms with Crippen LogP contribution in [0.25, 0.3) is 11.3 Å². The lowest BCUT2D eigenvalue weighted by Crippen LogP contribution is -2.29. The number of amides is 1. The van der Waals surface area contributed by atoms with Crippen molar-refractivity contribution < 1.29 is 4.79 Å². The molecule has 142 valence electrons. The van der Waals surface area contributed by atoms with E-state index in [0.717, 1.165) is 30.6 Å². The Morgan fingerprint density at radius 3 is 2.54 bits per heavy atom. The normalized spacial score (nSPS) is 20.5. The lowest BCUT2D eigenvalue weighted by Gasteiger charge is -2.18. The van der Waals surface area contributed by atoms with Gasteiger partial charge in [0.15, 0.2) is 0 Å². The number of fused-ring (bicyclic) bond motifs is 3. The Labute approximate surface area is 165 Å². The van der Waals surface area contributed by atoms with Crippen molar-refractivity contribution in [2.45, 2.75) is 32.2 Å².